The summed E-state index contributed by atoms with van der Waals surface area (Å²) in [6, 6.07) is -0.00102. The van der Waals surface area contributed by atoms with Gasteiger partial charge in [-0.05, 0) is 46.5 Å². The number of hydrogen-bond acceptors (Lipinski definition) is 3. The topological polar surface area (TPSA) is 49.9 Å². The zero-order chi connectivity index (χ0) is 17.9. The molecule has 2 rings (SSSR count). The van der Waals surface area contributed by atoms with Crippen molar-refractivity contribution in [2.45, 2.75) is 65.0 Å². The van der Waals surface area contributed by atoms with Gasteiger partial charge in [0.05, 0.1) is 0 Å². The van der Waals surface area contributed by atoms with Gasteiger partial charge in [-0.25, -0.2) is 4.79 Å². The van der Waals surface area contributed by atoms with Crippen molar-refractivity contribution in [1.29, 1.82) is 0 Å². The highest BCUT2D eigenvalue weighted by Crippen LogP contribution is 2.32. The normalized spacial score (nSPS) is 23.9. The molecule has 0 aliphatic carbocycles. The Labute approximate surface area is 146 Å². The summed E-state index contributed by atoms with van der Waals surface area (Å²) in [5.74, 6) is -0.00445. The predicted molar refractivity (Wildman–Crippen MR) is 94.6 cm³/mol. The molecule has 24 heavy (non-hydrogen) atoms. The van der Waals surface area contributed by atoms with E-state index in [1.807, 2.05) is 38.7 Å². The summed E-state index contributed by atoms with van der Waals surface area (Å²) in [6.07, 6.45) is 5.59. The molecule has 2 aliphatic heterocycles. The molecule has 0 aromatic carbocycles. The van der Waals surface area contributed by atoms with Crippen LogP contribution in [0.25, 0.3) is 0 Å². The minimum atomic E-state index is -0.509. The second-order valence-corrected chi connectivity index (χ2v) is 8.02. The van der Waals surface area contributed by atoms with Crippen molar-refractivity contribution >= 4 is 12.0 Å². The minimum absolute atomic E-state index is 0.00102. The summed E-state index contributed by atoms with van der Waals surface area (Å²) < 4.78 is 5.54. The van der Waals surface area contributed by atoms with E-state index < -0.39 is 5.60 Å². The SMILES string of the molecule is C=C[C@@H]([C@@H](C)C(=O)N1CCCC1)[C@@H]1CCCN1C(=O)OC(C)(C)C. The minimum Gasteiger partial charge on any atom is -0.444 e. The quantitative estimate of drug-likeness (QED) is 0.739. The molecule has 0 N–H and O–H groups in total. The van der Waals surface area contributed by atoms with Crippen LogP contribution in [0, 0.1) is 11.8 Å². The molecule has 2 saturated heterocycles. The van der Waals surface area contributed by atoms with E-state index in [4.69, 9.17) is 4.74 Å². The maximum Gasteiger partial charge on any atom is 0.410 e. The number of carbonyl (C=O) groups excluding carboxylic acids is 2. The third-order valence-corrected chi connectivity index (χ3v) is 5.03. The molecular weight excluding hydrogens is 304 g/mol. The van der Waals surface area contributed by atoms with Crippen molar-refractivity contribution in [3.63, 3.8) is 0 Å². The monoisotopic (exact) mass is 336 g/mol. The summed E-state index contributed by atoms with van der Waals surface area (Å²) >= 11 is 0. The summed E-state index contributed by atoms with van der Waals surface area (Å²) in [4.78, 5) is 29.0. The van der Waals surface area contributed by atoms with Crippen molar-refractivity contribution < 1.29 is 14.3 Å². The van der Waals surface area contributed by atoms with Crippen LogP contribution >= 0.6 is 0 Å². The standard InChI is InChI=1S/C19H32N2O3/c1-6-15(14(2)17(22)20-11-7-8-12-20)16-10-9-13-21(16)18(23)24-19(3,4)5/h6,14-16H,1,7-13H2,2-5H3/t14-,15+,16+/m1/s1. The van der Waals surface area contributed by atoms with Crippen LogP contribution in [0.1, 0.15) is 53.4 Å². The van der Waals surface area contributed by atoms with Crippen LogP contribution in [0.4, 0.5) is 4.79 Å². The average Bonchev–Trinajstić information content (AvgIpc) is 3.17. The number of likely N-dealkylation sites (tertiary alicyclic amines) is 2. The smallest absolute Gasteiger partial charge is 0.410 e. The van der Waals surface area contributed by atoms with Gasteiger partial charge in [-0.15, -0.1) is 6.58 Å². The van der Waals surface area contributed by atoms with Crippen LogP contribution in [0.3, 0.4) is 0 Å². The number of amides is 2. The zero-order valence-electron chi connectivity index (χ0n) is 15.6. The van der Waals surface area contributed by atoms with E-state index in [0.29, 0.717) is 6.54 Å². The molecule has 0 saturated carbocycles. The van der Waals surface area contributed by atoms with Crippen molar-refractivity contribution in [3.05, 3.63) is 12.7 Å². The van der Waals surface area contributed by atoms with Crippen LogP contribution in [0.2, 0.25) is 0 Å². The Kier molecular flexibility index (Phi) is 5.94. The lowest BCUT2D eigenvalue weighted by Crippen LogP contribution is -2.46. The maximum absolute atomic E-state index is 12.8. The first kappa shape index (κ1) is 18.8. The van der Waals surface area contributed by atoms with E-state index in [2.05, 4.69) is 6.58 Å². The lowest BCUT2D eigenvalue weighted by Gasteiger charge is -2.35. The van der Waals surface area contributed by atoms with Gasteiger partial charge < -0.3 is 14.5 Å². The van der Waals surface area contributed by atoms with Gasteiger partial charge >= 0.3 is 6.09 Å². The van der Waals surface area contributed by atoms with Crippen LogP contribution in [-0.4, -0.2) is 53.1 Å². The fourth-order valence-electron chi connectivity index (χ4n) is 3.82. The summed E-state index contributed by atoms with van der Waals surface area (Å²) in [6.45, 7) is 14.0. The Balaban J connectivity index is 2.08. The molecule has 2 aliphatic rings. The Hall–Kier alpha value is -1.52. The number of rotatable bonds is 4. The molecule has 0 radical (unpaired) electrons. The van der Waals surface area contributed by atoms with E-state index in [-0.39, 0.29) is 29.9 Å². The number of nitrogens with zero attached hydrogens (tertiary/aromatic N) is 2. The molecule has 0 aromatic heterocycles. The van der Waals surface area contributed by atoms with E-state index in [1.165, 1.54) is 0 Å². The average molecular weight is 336 g/mol. The number of hydrogen-bond donors (Lipinski definition) is 0. The summed E-state index contributed by atoms with van der Waals surface area (Å²) in [7, 11) is 0. The first-order valence-electron chi connectivity index (χ1n) is 9.15. The number of ether oxygens (including phenoxy) is 1. The van der Waals surface area contributed by atoms with Gasteiger partial charge in [0.15, 0.2) is 0 Å². The van der Waals surface area contributed by atoms with Crippen LogP contribution in [0.5, 0.6) is 0 Å². The second-order valence-electron chi connectivity index (χ2n) is 8.02. The summed E-state index contributed by atoms with van der Waals surface area (Å²) in [5, 5.41) is 0. The van der Waals surface area contributed by atoms with Gasteiger partial charge in [-0.1, -0.05) is 13.0 Å². The molecular formula is C19H32N2O3. The van der Waals surface area contributed by atoms with Crippen LogP contribution in [0.15, 0.2) is 12.7 Å². The highest BCUT2D eigenvalue weighted by atomic mass is 16.6. The molecule has 5 heteroatoms. The Bertz CT molecular complexity index is 477. The third-order valence-electron chi connectivity index (χ3n) is 5.03. The van der Waals surface area contributed by atoms with Gasteiger partial charge in [0.25, 0.3) is 0 Å². The third kappa shape index (κ3) is 4.31. The molecule has 0 bridgehead atoms. The van der Waals surface area contributed by atoms with Crippen LogP contribution in [-0.2, 0) is 9.53 Å². The molecule has 2 heterocycles. The largest absolute Gasteiger partial charge is 0.444 e. The fourth-order valence-corrected chi connectivity index (χ4v) is 3.82. The Morgan fingerprint density at radius 1 is 1.17 bits per heavy atom. The molecule has 2 amide bonds. The fraction of sp³-hybridized carbons (Fsp3) is 0.789. The lowest BCUT2D eigenvalue weighted by atomic mass is 9.85. The molecule has 3 atom stereocenters. The molecule has 2 fully saturated rings. The van der Waals surface area contributed by atoms with Crippen molar-refractivity contribution in [3.8, 4) is 0 Å². The first-order valence-corrected chi connectivity index (χ1v) is 9.15. The molecule has 136 valence electrons. The highest BCUT2D eigenvalue weighted by Gasteiger charge is 2.40. The Morgan fingerprint density at radius 3 is 2.33 bits per heavy atom. The van der Waals surface area contributed by atoms with E-state index >= 15 is 0 Å². The van der Waals surface area contributed by atoms with Gasteiger partial charge in [0, 0.05) is 37.5 Å². The van der Waals surface area contributed by atoms with Crippen LogP contribution < -0.4 is 0 Å². The van der Waals surface area contributed by atoms with Gasteiger partial charge in [-0.2, -0.15) is 0 Å². The molecule has 0 unspecified atom stereocenters. The van der Waals surface area contributed by atoms with E-state index in [9.17, 15) is 9.59 Å². The number of carbonyl (C=O) groups is 2. The molecule has 0 aromatic rings. The zero-order valence-corrected chi connectivity index (χ0v) is 15.6. The maximum atomic E-state index is 12.8. The van der Waals surface area contributed by atoms with Crippen molar-refractivity contribution in [2.75, 3.05) is 19.6 Å². The van der Waals surface area contributed by atoms with Gasteiger partial charge in [-0.3, -0.25) is 4.79 Å². The molecule has 5 nitrogen and oxygen atoms in total. The van der Waals surface area contributed by atoms with E-state index in [0.717, 1.165) is 38.8 Å². The first-order chi connectivity index (χ1) is 11.2. The van der Waals surface area contributed by atoms with Gasteiger partial charge in [0.1, 0.15) is 5.60 Å². The van der Waals surface area contributed by atoms with Crippen molar-refractivity contribution in [1.82, 2.24) is 9.80 Å². The lowest BCUT2D eigenvalue weighted by molar-refractivity contribution is -0.135. The predicted octanol–water partition coefficient (Wildman–Crippen LogP) is 3.45. The van der Waals surface area contributed by atoms with E-state index in [1.54, 1.807) is 4.90 Å². The highest BCUT2D eigenvalue weighted by molar-refractivity contribution is 5.79. The van der Waals surface area contributed by atoms with Gasteiger partial charge in [0.2, 0.25) is 5.91 Å². The molecule has 0 spiro atoms. The second kappa shape index (κ2) is 7.58. The summed E-state index contributed by atoms with van der Waals surface area (Å²) in [5.41, 5.74) is -0.509. The Morgan fingerprint density at radius 2 is 1.79 bits per heavy atom. The van der Waals surface area contributed by atoms with Crippen molar-refractivity contribution in [2.24, 2.45) is 11.8 Å².